The highest BCUT2D eigenvalue weighted by atomic mass is 16.7. The van der Waals surface area contributed by atoms with Gasteiger partial charge in [-0.15, -0.1) is 0 Å². The summed E-state index contributed by atoms with van der Waals surface area (Å²) in [5, 5.41) is 19.2. The molecule has 2 N–H and O–H groups in total. The molecule has 0 radical (unpaired) electrons. The summed E-state index contributed by atoms with van der Waals surface area (Å²) in [6.45, 7) is 14.0. The van der Waals surface area contributed by atoms with Crippen LogP contribution in [0.25, 0.3) is 11.1 Å². The van der Waals surface area contributed by atoms with Crippen molar-refractivity contribution in [3.8, 4) is 11.1 Å². The SMILES string of the molecule is CC[C@H]1OC(=O)[C@H](C)[C@H]2OCC3COC(C)(C[C@@H](C)C(=O)[C@H](C)[C@@H]4N(C/C3=N/OCC(=O)Nc3ccc(-c5ccccc5)cc3)C(=O)OC41C)[C@H](O[C@@H]1O[C@H](C)C[C@H](N(C)C)[C@H]1O)[C@H]2C. The van der Waals surface area contributed by atoms with E-state index in [2.05, 4.69) is 10.5 Å². The van der Waals surface area contributed by atoms with E-state index in [1.807, 2.05) is 108 Å². The third-order valence-electron chi connectivity index (χ3n) is 14.4. The molecule has 65 heavy (non-hydrogen) atoms. The van der Waals surface area contributed by atoms with E-state index in [1.165, 1.54) is 4.90 Å². The number of ether oxygens (including phenoxy) is 6. The van der Waals surface area contributed by atoms with Crippen LogP contribution in [-0.2, 0) is 47.6 Å². The standard InChI is InChI=1S/C49H68N4O12/c1-11-38-49(8)43-29(4)40(55)27(2)22-48(7)44(64-46-41(56)37(52(9)10)21-28(3)62-46)30(5)42(31(6)45(57)63-38)59-24-34(25-60-48)36(23-53(43)47(58)65-49)51-61-26-39(54)50-35-19-17-33(18-20-35)32-15-13-12-14-16-32/h12-20,27-31,34,37-38,41-44,46,56H,11,21-26H2,1-10H3,(H,50,54)/b51-36-/t27-,28-,29+,30+,31-,34?,37+,38-,41-,42+,43+,44-,46+,48?,49?/m1/s1. The minimum Gasteiger partial charge on any atom is -0.458 e. The number of amides is 2. The molecule has 3 unspecified atom stereocenters. The van der Waals surface area contributed by atoms with Gasteiger partial charge in [0.15, 0.2) is 18.5 Å². The Morgan fingerprint density at radius 1 is 0.969 bits per heavy atom. The van der Waals surface area contributed by atoms with Gasteiger partial charge >= 0.3 is 12.1 Å². The van der Waals surface area contributed by atoms with Gasteiger partial charge in [-0.2, -0.15) is 0 Å². The summed E-state index contributed by atoms with van der Waals surface area (Å²) in [4.78, 5) is 66.2. The van der Waals surface area contributed by atoms with Gasteiger partial charge in [0.2, 0.25) is 0 Å². The van der Waals surface area contributed by atoms with Crippen LogP contribution in [0, 0.1) is 29.6 Å². The van der Waals surface area contributed by atoms with Crippen LogP contribution < -0.4 is 5.32 Å². The number of aliphatic hydroxyl groups excluding tert-OH is 1. The summed E-state index contributed by atoms with van der Waals surface area (Å²) in [6.07, 6.45) is -4.74. The number of aliphatic hydroxyl groups is 1. The molecule has 5 saturated heterocycles. The van der Waals surface area contributed by atoms with Crippen molar-refractivity contribution in [1.82, 2.24) is 9.80 Å². The lowest BCUT2D eigenvalue weighted by molar-refractivity contribution is -0.302. The smallest absolute Gasteiger partial charge is 0.411 e. The number of Topliss-reactive ketones (excluding diaryl/α,β-unsaturated/α-hetero) is 1. The van der Waals surface area contributed by atoms with Gasteiger partial charge < -0.3 is 48.6 Å². The monoisotopic (exact) mass is 904 g/mol. The summed E-state index contributed by atoms with van der Waals surface area (Å²) in [5.74, 6) is -4.82. The van der Waals surface area contributed by atoms with E-state index in [4.69, 9.17) is 33.3 Å². The summed E-state index contributed by atoms with van der Waals surface area (Å²) < 4.78 is 39.7. The van der Waals surface area contributed by atoms with Crippen molar-refractivity contribution in [3.63, 3.8) is 0 Å². The van der Waals surface area contributed by atoms with Gasteiger partial charge in [-0.25, -0.2) is 4.79 Å². The normalized spacial score (nSPS) is 38.6. The topological polar surface area (TPSA) is 184 Å². The fourth-order valence-electron chi connectivity index (χ4n) is 10.9. The van der Waals surface area contributed by atoms with Gasteiger partial charge in [-0.05, 0) is 84.3 Å². The molecule has 2 amide bonds. The number of oxime groups is 1. The number of likely N-dealkylation sites (N-methyl/N-ethyl adjacent to an activating group) is 1. The van der Waals surface area contributed by atoms with Crippen LogP contribution in [0.3, 0.4) is 0 Å². The summed E-state index contributed by atoms with van der Waals surface area (Å²) in [7, 11) is 3.80. The van der Waals surface area contributed by atoms with Gasteiger partial charge in [0.05, 0.1) is 61.3 Å². The number of benzene rings is 2. The maximum atomic E-state index is 14.9. The zero-order valence-corrected chi connectivity index (χ0v) is 39.4. The molecule has 5 heterocycles. The maximum absolute atomic E-state index is 14.9. The largest absolute Gasteiger partial charge is 0.458 e. The number of hydrogen-bond acceptors (Lipinski definition) is 14. The predicted molar refractivity (Wildman–Crippen MR) is 241 cm³/mol. The number of cyclic esters (lactones) is 1. The van der Waals surface area contributed by atoms with Crippen molar-refractivity contribution in [1.29, 1.82) is 0 Å². The second-order valence-corrected chi connectivity index (χ2v) is 19.5. The zero-order chi connectivity index (χ0) is 47.0. The second kappa shape index (κ2) is 19.8. The Morgan fingerprint density at radius 2 is 1.66 bits per heavy atom. The average molecular weight is 905 g/mol. The van der Waals surface area contributed by atoms with Gasteiger partial charge in [0.25, 0.3) is 5.91 Å². The number of esters is 1. The number of nitrogens with zero attached hydrogens (tertiary/aromatic N) is 3. The minimum absolute atomic E-state index is 0.0358. The number of rotatable bonds is 9. The molecule has 5 fully saturated rings. The Morgan fingerprint density at radius 3 is 2.34 bits per heavy atom. The van der Waals surface area contributed by atoms with Crippen LogP contribution >= 0.6 is 0 Å². The Labute approximate surface area is 382 Å². The van der Waals surface area contributed by atoms with Crippen LogP contribution in [0.15, 0.2) is 59.8 Å². The van der Waals surface area contributed by atoms with Crippen molar-refractivity contribution >= 4 is 35.2 Å². The van der Waals surface area contributed by atoms with E-state index in [-0.39, 0.29) is 50.5 Å². The van der Waals surface area contributed by atoms with E-state index in [0.717, 1.165) is 11.1 Å². The molecule has 0 aliphatic carbocycles. The van der Waals surface area contributed by atoms with Gasteiger partial charge in [-0.3, -0.25) is 19.3 Å². The molecule has 0 spiro atoms. The van der Waals surface area contributed by atoms with Crippen molar-refractivity contribution < 1.29 is 57.5 Å². The van der Waals surface area contributed by atoms with Crippen LogP contribution in [0.2, 0.25) is 0 Å². The number of fused-ring (bicyclic) bond motifs is 5. The third kappa shape index (κ3) is 9.98. The van der Waals surface area contributed by atoms with Crippen LogP contribution in [-0.4, -0.2) is 145 Å². The van der Waals surface area contributed by atoms with Crippen molar-refractivity contribution in [2.24, 2.45) is 34.7 Å². The maximum Gasteiger partial charge on any atom is 0.411 e. The van der Waals surface area contributed by atoms with Crippen molar-refractivity contribution in [2.75, 3.05) is 45.8 Å². The highest BCUT2D eigenvalue weighted by molar-refractivity contribution is 5.94. The highest BCUT2D eigenvalue weighted by Crippen LogP contribution is 2.45. The van der Waals surface area contributed by atoms with E-state index < -0.39 is 102 Å². The Hall–Kier alpha value is -4.45. The summed E-state index contributed by atoms with van der Waals surface area (Å²) in [6, 6.07) is 16.2. The fraction of sp³-hybridized carbons (Fsp3) is 0.653. The van der Waals surface area contributed by atoms with Gasteiger partial charge in [0.1, 0.15) is 18.0 Å². The van der Waals surface area contributed by atoms with Crippen LogP contribution in [0.5, 0.6) is 0 Å². The first kappa shape index (κ1) is 48.5. The lowest BCUT2D eigenvalue weighted by Gasteiger charge is -2.48. The Kier molecular flexibility index (Phi) is 14.8. The number of anilines is 1. The molecule has 2 aromatic carbocycles. The molecule has 7 rings (SSSR count). The molecule has 6 bridgehead atoms. The zero-order valence-electron chi connectivity index (χ0n) is 39.4. The van der Waals surface area contributed by atoms with E-state index in [1.54, 1.807) is 20.8 Å². The number of nitrogens with one attached hydrogen (secondary N) is 1. The van der Waals surface area contributed by atoms with Crippen LogP contribution in [0.4, 0.5) is 10.5 Å². The number of hydrogen-bond donors (Lipinski definition) is 2. The summed E-state index contributed by atoms with van der Waals surface area (Å²) in [5.41, 5.74) is 0.224. The molecule has 0 aromatic heterocycles. The van der Waals surface area contributed by atoms with Gasteiger partial charge in [0, 0.05) is 35.4 Å². The van der Waals surface area contributed by atoms with Crippen molar-refractivity contribution in [3.05, 3.63) is 54.6 Å². The lowest BCUT2D eigenvalue weighted by Crippen LogP contribution is -2.61. The molecular weight excluding hydrogens is 837 g/mol. The lowest BCUT2D eigenvalue weighted by atomic mass is 9.73. The van der Waals surface area contributed by atoms with E-state index >= 15 is 0 Å². The first-order valence-electron chi connectivity index (χ1n) is 23.1. The van der Waals surface area contributed by atoms with Gasteiger partial charge in [-0.1, -0.05) is 75.3 Å². The second-order valence-electron chi connectivity index (χ2n) is 19.5. The first-order valence-corrected chi connectivity index (χ1v) is 23.1. The van der Waals surface area contributed by atoms with E-state index in [0.29, 0.717) is 17.8 Å². The first-order chi connectivity index (χ1) is 30.8. The minimum atomic E-state index is -1.45. The Bertz CT molecular complexity index is 2050. The number of ketones is 1. The van der Waals surface area contributed by atoms with Crippen molar-refractivity contribution in [2.45, 2.75) is 135 Å². The molecule has 356 valence electrons. The fourth-order valence-corrected chi connectivity index (χ4v) is 10.9. The predicted octanol–water partition coefficient (Wildman–Crippen LogP) is 5.70. The average Bonchev–Trinajstić information content (AvgIpc) is 3.55. The Balaban J connectivity index is 1.28. The quantitative estimate of drug-likeness (QED) is 0.231. The van der Waals surface area contributed by atoms with Crippen LogP contribution in [0.1, 0.15) is 74.7 Å². The molecule has 5 aliphatic rings. The number of carbonyl (C=O) groups is 4. The van der Waals surface area contributed by atoms with E-state index in [9.17, 15) is 24.3 Å². The molecule has 2 aromatic rings. The third-order valence-corrected chi connectivity index (χ3v) is 14.4. The molecule has 16 heteroatoms. The molecular formula is C49H68N4O12. The summed E-state index contributed by atoms with van der Waals surface area (Å²) >= 11 is 0. The number of carbonyl (C=O) groups excluding carboxylic acids is 4. The molecule has 16 nitrogen and oxygen atoms in total. The molecule has 0 saturated carbocycles. The highest BCUT2D eigenvalue weighted by Gasteiger charge is 2.61. The molecule has 15 atom stereocenters. The molecule has 5 aliphatic heterocycles.